The summed E-state index contributed by atoms with van der Waals surface area (Å²) >= 11 is 0. The van der Waals surface area contributed by atoms with E-state index in [0.717, 1.165) is 24.2 Å². The third-order valence-electron chi connectivity index (χ3n) is 9.18. The van der Waals surface area contributed by atoms with Crippen molar-refractivity contribution in [3.63, 3.8) is 0 Å². The number of nitrogens with zero attached hydrogens (tertiary/aromatic N) is 1. The van der Waals surface area contributed by atoms with Crippen LogP contribution in [0, 0.1) is 5.92 Å². The number of aromatic hydroxyl groups is 1. The second-order valence-corrected chi connectivity index (χ2v) is 11.7. The number of aliphatic hydroxyl groups is 2. The van der Waals surface area contributed by atoms with E-state index >= 15 is 0 Å². The minimum absolute atomic E-state index is 0.0422. The average molecular weight is 534 g/mol. The molecule has 9 nitrogen and oxygen atoms in total. The van der Waals surface area contributed by atoms with Gasteiger partial charge in [0.15, 0.2) is 17.6 Å². The van der Waals surface area contributed by atoms with Crippen LogP contribution in [-0.2, 0) is 21.4 Å². The largest absolute Gasteiger partial charge is 0.508 e. The maximum Gasteiger partial charge on any atom is 0.254 e. The van der Waals surface area contributed by atoms with Crippen LogP contribution in [0.15, 0.2) is 47.7 Å². The summed E-state index contributed by atoms with van der Waals surface area (Å²) in [6, 6.07) is 9.98. The van der Waals surface area contributed by atoms with E-state index in [4.69, 9.17) is 4.74 Å². The predicted molar refractivity (Wildman–Crippen MR) is 146 cm³/mol. The molecule has 6 rings (SSSR count). The molecule has 1 spiro atoms. The molecule has 4 atom stereocenters. The molecule has 39 heavy (non-hydrogen) atoms. The summed E-state index contributed by atoms with van der Waals surface area (Å²) in [6.45, 7) is 6.42. The molecule has 2 aromatic carbocycles. The number of anilines is 2. The Balaban J connectivity index is 1.34. The van der Waals surface area contributed by atoms with Crippen LogP contribution in [0.1, 0.15) is 51.2 Å². The molecule has 2 amide bonds. The van der Waals surface area contributed by atoms with Gasteiger partial charge in [0.05, 0.1) is 16.6 Å². The van der Waals surface area contributed by atoms with Gasteiger partial charge in [-0.15, -0.1) is 0 Å². The number of phenols is 1. The SMILES string of the molecule is CC(=O)Nc1ccc(NC(=O)/C(C)=C(\O)[C@@H]2Oc3c(O)ccc4c3[C@@]23CCN(CC2CC2)[C@H](C4)[C@@]3(C)O)cc1. The second kappa shape index (κ2) is 8.99. The van der Waals surface area contributed by atoms with E-state index in [1.807, 2.05) is 13.0 Å². The van der Waals surface area contributed by atoms with Crippen LogP contribution in [0.3, 0.4) is 0 Å². The topological polar surface area (TPSA) is 131 Å². The van der Waals surface area contributed by atoms with Crippen molar-refractivity contribution in [2.75, 3.05) is 23.7 Å². The number of piperidine rings is 1. The summed E-state index contributed by atoms with van der Waals surface area (Å²) in [5, 5.41) is 40.1. The van der Waals surface area contributed by atoms with Crippen LogP contribution >= 0.6 is 0 Å². The first-order valence-electron chi connectivity index (χ1n) is 13.6. The lowest BCUT2D eigenvalue weighted by molar-refractivity contribution is -0.153. The number of nitrogens with one attached hydrogen (secondary N) is 2. The van der Waals surface area contributed by atoms with Crippen molar-refractivity contribution in [3.05, 3.63) is 58.9 Å². The minimum atomic E-state index is -1.28. The molecule has 2 heterocycles. The molecule has 206 valence electrons. The van der Waals surface area contributed by atoms with E-state index < -0.39 is 23.0 Å². The van der Waals surface area contributed by atoms with Crippen molar-refractivity contribution in [2.24, 2.45) is 5.92 Å². The summed E-state index contributed by atoms with van der Waals surface area (Å²) in [5.74, 6) is -0.0758. The third-order valence-corrected chi connectivity index (χ3v) is 9.18. The number of phenolic OH excluding ortho intramolecular Hbond substituents is 1. The third kappa shape index (κ3) is 3.98. The van der Waals surface area contributed by atoms with Crippen molar-refractivity contribution in [3.8, 4) is 11.5 Å². The summed E-state index contributed by atoms with van der Waals surface area (Å²) in [5.41, 5.74) is 0.598. The number of aliphatic hydroxyl groups excluding tert-OH is 1. The van der Waals surface area contributed by atoms with Crippen LogP contribution in [0.5, 0.6) is 11.5 Å². The molecule has 2 bridgehead atoms. The molecule has 1 saturated heterocycles. The van der Waals surface area contributed by atoms with Gasteiger partial charge in [0, 0.05) is 36.4 Å². The van der Waals surface area contributed by atoms with Crippen molar-refractivity contribution < 1.29 is 29.6 Å². The van der Waals surface area contributed by atoms with Gasteiger partial charge in [-0.05, 0) is 87.9 Å². The molecule has 9 heteroatoms. The van der Waals surface area contributed by atoms with E-state index in [2.05, 4.69) is 15.5 Å². The summed E-state index contributed by atoms with van der Waals surface area (Å²) in [7, 11) is 0. The highest BCUT2D eigenvalue weighted by Gasteiger charge is 2.69. The van der Waals surface area contributed by atoms with Crippen molar-refractivity contribution >= 4 is 23.2 Å². The molecule has 5 N–H and O–H groups in total. The molecule has 4 aliphatic rings. The zero-order valence-corrected chi connectivity index (χ0v) is 22.5. The van der Waals surface area contributed by atoms with E-state index in [-0.39, 0.29) is 34.8 Å². The van der Waals surface area contributed by atoms with E-state index in [9.17, 15) is 24.9 Å². The standard InChI is InChI=1S/C30H35N3O6/c1-16(28(37)32-21-9-7-20(8-10-21)31-17(2)34)25(36)27-30-12-13-33(15-18-4-5-18)23(29(30,3)38)14-19-6-11-22(35)26(39-27)24(19)30/h6-11,18,23,27,35-36,38H,4-5,12-15H2,1-3H3,(H,31,34)(H,32,37)/b25-16-/t23-,27+,29-,30+/m1/s1. The number of carbonyl (C=O) groups is 2. The molecule has 1 saturated carbocycles. The number of amides is 2. The Morgan fingerprint density at radius 3 is 2.38 bits per heavy atom. The Bertz CT molecular complexity index is 1380. The van der Waals surface area contributed by atoms with Gasteiger partial charge in [-0.25, -0.2) is 0 Å². The predicted octanol–water partition coefficient (Wildman–Crippen LogP) is 3.61. The molecule has 2 aromatic rings. The van der Waals surface area contributed by atoms with Gasteiger partial charge in [0.2, 0.25) is 5.91 Å². The van der Waals surface area contributed by atoms with E-state index in [0.29, 0.717) is 30.1 Å². The number of rotatable bonds is 6. The maximum atomic E-state index is 13.2. The Morgan fingerprint density at radius 2 is 1.74 bits per heavy atom. The average Bonchev–Trinajstić information content (AvgIpc) is 3.63. The van der Waals surface area contributed by atoms with Gasteiger partial charge >= 0.3 is 0 Å². The van der Waals surface area contributed by atoms with Crippen molar-refractivity contribution in [1.82, 2.24) is 4.90 Å². The fourth-order valence-electron chi connectivity index (χ4n) is 6.95. The van der Waals surface area contributed by atoms with Gasteiger partial charge < -0.3 is 30.7 Å². The van der Waals surface area contributed by atoms with Crippen LogP contribution < -0.4 is 15.4 Å². The zero-order valence-electron chi connectivity index (χ0n) is 22.5. The number of hydrogen-bond acceptors (Lipinski definition) is 7. The van der Waals surface area contributed by atoms with Gasteiger partial charge in [-0.1, -0.05) is 6.07 Å². The number of hydrogen-bond donors (Lipinski definition) is 5. The second-order valence-electron chi connectivity index (χ2n) is 11.7. The summed E-state index contributed by atoms with van der Waals surface area (Å²) in [6.07, 6.45) is 2.53. The quantitative estimate of drug-likeness (QED) is 0.283. The highest BCUT2D eigenvalue weighted by Crippen LogP contribution is 2.63. The molecule has 0 radical (unpaired) electrons. The maximum absolute atomic E-state index is 13.2. The number of benzene rings is 2. The number of ether oxygens (including phenoxy) is 1. The zero-order chi connectivity index (χ0) is 27.7. The molecule has 2 fully saturated rings. The van der Waals surface area contributed by atoms with Crippen LogP contribution in [0.25, 0.3) is 0 Å². The Kier molecular flexibility index (Phi) is 5.93. The van der Waals surface area contributed by atoms with E-state index in [1.54, 1.807) is 30.3 Å². The van der Waals surface area contributed by atoms with Crippen LogP contribution in [0.4, 0.5) is 11.4 Å². The van der Waals surface area contributed by atoms with Gasteiger partial charge in [-0.3, -0.25) is 14.5 Å². The molecule has 2 aliphatic heterocycles. The first kappa shape index (κ1) is 25.7. The summed E-state index contributed by atoms with van der Waals surface area (Å²) in [4.78, 5) is 26.9. The lowest BCUT2D eigenvalue weighted by atomic mass is 9.53. The van der Waals surface area contributed by atoms with E-state index in [1.165, 1.54) is 26.7 Å². The lowest BCUT2D eigenvalue weighted by Crippen LogP contribution is -2.73. The molecular weight excluding hydrogens is 498 g/mol. The number of carbonyl (C=O) groups excluding carboxylic acids is 2. The van der Waals surface area contributed by atoms with Gasteiger partial charge in [0.25, 0.3) is 5.91 Å². The highest BCUT2D eigenvalue weighted by molar-refractivity contribution is 6.04. The Hall–Kier alpha value is -3.56. The van der Waals surface area contributed by atoms with Crippen molar-refractivity contribution in [1.29, 1.82) is 0 Å². The molecule has 0 unspecified atom stereocenters. The Labute approximate surface area is 227 Å². The monoisotopic (exact) mass is 533 g/mol. The highest BCUT2D eigenvalue weighted by atomic mass is 16.5. The molecular formula is C30H35N3O6. The summed E-state index contributed by atoms with van der Waals surface area (Å²) < 4.78 is 6.28. The smallest absolute Gasteiger partial charge is 0.254 e. The van der Waals surface area contributed by atoms with Crippen LogP contribution in [0.2, 0.25) is 0 Å². The first-order chi connectivity index (χ1) is 18.5. The van der Waals surface area contributed by atoms with Crippen LogP contribution in [-0.4, -0.2) is 62.9 Å². The number of likely N-dealkylation sites (tertiary alicyclic amines) is 1. The molecule has 0 aromatic heterocycles. The number of fused-ring (bicyclic) bond motifs is 1. The lowest BCUT2D eigenvalue weighted by Gasteiger charge is -2.59. The van der Waals surface area contributed by atoms with Gasteiger partial charge in [0.1, 0.15) is 5.76 Å². The Morgan fingerprint density at radius 1 is 1.08 bits per heavy atom. The molecule has 2 aliphatic carbocycles. The normalized spacial score (nSPS) is 29.6. The van der Waals surface area contributed by atoms with Crippen molar-refractivity contribution in [2.45, 2.75) is 69.6 Å². The van der Waals surface area contributed by atoms with Gasteiger partial charge in [-0.2, -0.15) is 0 Å². The fraction of sp³-hybridized carbons (Fsp3) is 0.467. The first-order valence-corrected chi connectivity index (χ1v) is 13.6. The minimum Gasteiger partial charge on any atom is -0.508 e. The fourth-order valence-corrected chi connectivity index (χ4v) is 6.95.